The summed E-state index contributed by atoms with van der Waals surface area (Å²) < 4.78 is 10.6. The van der Waals surface area contributed by atoms with E-state index in [1.807, 2.05) is 20.8 Å². The van der Waals surface area contributed by atoms with Crippen LogP contribution in [0.25, 0.3) is 0 Å². The highest BCUT2D eigenvalue weighted by atomic mass is 16.5. The Bertz CT molecular complexity index is 500. The van der Waals surface area contributed by atoms with Crippen LogP contribution in [-0.4, -0.2) is 38.1 Å². The van der Waals surface area contributed by atoms with Crippen molar-refractivity contribution < 1.29 is 19.1 Å². The molecule has 0 saturated heterocycles. The Labute approximate surface area is 124 Å². The Balaban J connectivity index is 2.68. The zero-order valence-electron chi connectivity index (χ0n) is 12.9. The van der Waals surface area contributed by atoms with Crippen LogP contribution in [-0.2, 0) is 4.79 Å². The Morgan fingerprint density at radius 2 is 1.95 bits per heavy atom. The first-order valence-corrected chi connectivity index (χ1v) is 6.86. The molecule has 1 rings (SSSR count). The number of hydrogen-bond acceptors (Lipinski definition) is 4. The highest BCUT2D eigenvalue weighted by Crippen LogP contribution is 2.27. The minimum atomic E-state index is -0.338. The monoisotopic (exact) mass is 294 g/mol. The predicted molar refractivity (Wildman–Crippen MR) is 79.8 cm³/mol. The minimum Gasteiger partial charge on any atom is -0.493 e. The second-order valence-electron chi connectivity index (χ2n) is 4.70. The van der Waals surface area contributed by atoms with Gasteiger partial charge in [-0.15, -0.1) is 0 Å². The number of amides is 2. The molecule has 6 nitrogen and oxygen atoms in total. The van der Waals surface area contributed by atoms with Gasteiger partial charge in [0.1, 0.15) is 0 Å². The zero-order valence-corrected chi connectivity index (χ0v) is 12.9. The van der Waals surface area contributed by atoms with Crippen molar-refractivity contribution in [3.05, 3.63) is 23.8 Å². The highest BCUT2D eigenvalue weighted by Gasteiger charge is 2.12. The van der Waals surface area contributed by atoms with E-state index in [0.717, 1.165) is 0 Å². The molecule has 0 saturated carbocycles. The van der Waals surface area contributed by atoms with Crippen molar-refractivity contribution in [2.24, 2.45) is 0 Å². The molecule has 1 aromatic carbocycles. The maximum atomic E-state index is 12.0. The molecular formula is C15H22N2O4. The number of carbonyl (C=O) groups is 2. The van der Waals surface area contributed by atoms with Gasteiger partial charge in [0.05, 0.1) is 20.3 Å². The quantitative estimate of drug-likeness (QED) is 0.796. The van der Waals surface area contributed by atoms with Crippen molar-refractivity contribution in [1.82, 2.24) is 10.6 Å². The molecule has 2 amide bonds. The molecule has 0 aliphatic carbocycles. The molecular weight excluding hydrogens is 272 g/mol. The van der Waals surface area contributed by atoms with Gasteiger partial charge in [-0.2, -0.15) is 0 Å². The van der Waals surface area contributed by atoms with Gasteiger partial charge < -0.3 is 20.1 Å². The first-order valence-electron chi connectivity index (χ1n) is 6.86. The van der Waals surface area contributed by atoms with E-state index in [4.69, 9.17) is 9.47 Å². The normalized spacial score (nSPS) is 10.1. The van der Waals surface area contributed by atoms with Crippen LogP contribution in [0.3, 0.4) is 0 Å². The number of ether oxygens (including phenoxy) is 2. The largest absolute Gasteiger partial charge is 0.493 e. The van der Waals surface area contributed by atoms with Gasteiger partial charge in [-0.25, -0.2) is 0 Å². The van der Waals surface area contributed by atoms with Crippen LogP contribution >= 0.6 is 0 Å². The molecule has 0 aliphatic heterocycles. The molecule has 0 bridgehead atoms. The SMILES string of the molecule is CCOc1ccc(C(=O)NCC(=O)NC(C)C)cc1OC. The van der Waals surface area contributed by atoms with Crippen LogP contribution in [0.4, 0.5) is 0 Å². The van der Waals surface area contributed by atoms with Gasteiger partial charge >= 0.3 is 0 Å². The Morgan fingerprint density at radius 3 is 2.52 bits per heavy atom. The second-order valence-corrected chi connectivity index (χ2v) is 4.70. The number of carbonyl (C=O) groups excluding carboxylic acids is 2. The number of nitrogens with one attached hydrogen (secondary N) is 2. The average molecular weight is 294 g/mol. The van der Waals surface area contributed by atoms with E-state index < -0.39 is 0 Å². The van der Waals surface area contributed by atoms with Gasteiger partial charge in [-0.3, -0.25) is 9.59 Å². The van der Waals surface area contributed by atoms with Crippen molar-refractivity contribution in [3.63, 3.8) is 0 Å². The third-order valence-corrected chi connectivity index (χ3v) is 2.58. The van der Waals surface area contributed by atoms with Crippen LogP contribution in [0.15, 0.2) is 18.2 Å². The molecule has 0 aliphatic rings. The van der Waals surface area contributed by atoms with Gasteiger partial charge in [-0.1, -0.05) is 0 Å². The fraction of sp³-hybridized carbons (Fsp3) is 0.467. The molecule has 21 heavy (non-hydrogen) atoms. The molecule has 0 fully saturated rings. The molecule has 0 spiro atoms. The van der Waals surface area contributed by atoms with Gasteiger partial charge in [0.25, 0.3) is 5.91 Å². The van der Waals surface area contributed by atoms with E-state index in [2.05, 4.69) is 10.6 Å². The van der Waals surface area contributed by atoms with Crippen molar-refractivity contribution in [3.8, 4) is 11.5 Å². The van der Waals surface area contributed by atoms with E-state index >= 15 is 0 Å². The maximum absolute atomic E-state index is 12.0. The molecule has 1 aromatic rings. The summed E-state index contributed by atoms with van der Waals surface area (Å²) in [6, 6.07) is 4.93. The number of rotatable bonds is 7. The Kier molecular flexibility index (Phi) is 6.52. The molecule has 116 valence electrons. The lowest BCUT2D eigenvalue weighted by atomic mass is 10.2. The highest BCUT2D eigenvalue weighted by molar-refractivity contribution is 5.97. The van der Waals surface area contributed by atoms with Crippen LogP contribution in [0.2, 0.25) is 0 Å². The average Bonchev–Trinajstić information content (AvgIpc) is 2.44. The minimum absolute atomic E-state index is 0.0416. The van der Waals surface area contributed by atoms with Gasteiger partial charge in [-0.05, 0) is 39.0 Å². The molecule has 0 unspecified atom stereocenters. The summed E-state index contributed by atoms with van der Waals surface area (Å²) in [4.78, 5) is 23.5. The summed E-state index contributed by atoms with van der Waals surface area (Å²) in [7, 11) is 1.51. The van der Waals surface area contributed by atoms with E-state index in [9.17, 15) is 9.59 Å². The molecule has 0 atom stereocenters. The summed E-state index contributed by atoms with van der Waals surface area (Å²) in [5.74, 6) is 0.497. The fourth-order valence-electron chi connectivity index (χ4n) is 1.72. The number of hydrogen-bond donors (Lipinski definition) is 2. The van der Waals surface area contributed by atoms with Crippen LogP contribution in [0.1, 0.15) is 31.1 Å². The van der Waals surface area contributed by atoms with E-state index in [-0.39, 0.29) is 24.4 Å². The zero-order chi connectivity index (χ0) is 15.8. The molecule has 0 aromatic heterocycles. The molecule has 0 heterocycles. The first kappa shape index (κ1) is 16.8. The van der Waals surface area contributed by atoms with Crippen LogP contribution < -0.4 is 20.1 Å². The lowest BCUT2D eigenvalue weighted by Crippen LogP contribution is -2.39. The fourth-order valence-corrected chi connectivity index (χ4v) is 1.72. The molecule has 6 heteroatoms. The van der Waals surface area contributed by atoms with Gasteiger partial charge in [0.2, 0.25) is 5.91 Å². The van der Waals surface area contributed by atoms with Gasteiger partial charge in [0, 0.05) is 11.6 Å². The van der Waals surface area contributed by atoms with Crippen LogP contribution in [0.5, 0.6) is 11.5 Å². The Morgan fingerprint density at radius 1 is 1.24 bits per heavy atom. The first-order chi connectivity index (χ1) is 9.97. The Hall–Kier alpha value is -2.24. The third kappa shape index (κ3) is 5.33. The standard InChI is InChI=1S/C15H22N2O4/c1-5-21-12-7-6-11(8-13(12)20-4)15(19)16-9-14(18)17-10(2)3/h6-8,10H,5,9H2,1-4H3,(H,16,19)(H,17,18). The smallest absolute Gasteiger partial charge is 0.251 e. The second kappa shape index (κ2) is 8.14. The third-order valence-electron chi connectivity index (χ3n) is 2.58. The summed E-state index contributed by atoms with van der Waals surface area (Å²) in [5.41, 5.74) is 0.410. The van der Waals surface area contributed by atoms with E-state index in [1.165, 1.54) is 7.11 Å². The van der Waals surface area contributed by atoms with Gasteiger partial charge in [0.15, 0.2) is 11.5 Å². The predicted octanol–water partition coefficient (Wildman–Crippen LogP) is 1.35. The lowest BCUT2D eigenvalue weighted by molar-refractivity contribution is -0.120. The summed E-state index contributed by atoms with van der Waals surface area (Å²) in [6.07, 6.45) is 0. The maximum Gasteiger partial charge on any atom is 0.251 e. The lowest BCUT2D eigenvalue weighted by Gasteiger charge is -2.12. The van der Waals surface area contributed by atoms with Crippen molar-refractivity contribution in [2.45, 2.75) is 26.8 Å². The van der Waals surface area contributed by atoms with E-state index in [1.54, 1.807) is 18.2 Å². The number of benzene rings is 1. The molecule has 0 radical (unpaired) electrons. The van der Waals surface area contributed by atoms with E-state index in [0.29, 0.717) is 23.7 Å². The molecule has 2 N–H and O–H groups in total. The summed E-state index contributed by atoms with van der Waals surface area (Å²) in [6.45, 7) is 6.03. The topological polar surface area (TPSA) is 76.7 Å². The van der Waals surface area contributed by atoms with Crippen LogP contribution in [0, 0.1) is 0 Å². The van der Waals surface area contributed by atoms with Crippen molar-refractivity contribution in [1.29, 1.82) is 0 Å². The number of methoxy groups -OCH3 is 1. The summed E-state index contributed by atoms with van der Waals surface area (Å²) >= 11 is 0. The summed E-state index contributed by atoms with van der Waals surface area (Å²) in [5, 5.41) is 5.26. The van der Waals surface area contributed by atoms with Crippen molar-refractivity contribution in [2.75, 3.05) is 20.3 Å². The van der Waals surface area contributed by atoms with Crippen molar-refractivity contribution >= 4 is 11.8 Å².